The van der Waals surface area contributed by atoms with Gasteiger partial charge in [-0.3, -0.25) is 4.79 Å². The molecular formula is C10H13N5O2. The van der Waals surface area contributed by atoms with Gasteiger partial charge in [0.25, 0.3) is 0 Å². The maximum atomic E-state index is 10.7. The number of anilines is 1. The number of aromatic nitrogens is 3. The molecule has 7 nitrogen and oxygen atoms in total. The molecule has 4 N–H and O–H groups in total. The third-order valence-electron chi connectivity index (χ3n) is 2.33. The van der Waals surface area contributed by atoms with Gasteiger partial charge >= 0.3 is 0 Å². The van der Waals surface area contributed by atoms with E-state index in [2.05, 4.69) is 15.4 Å². The molecule has 1 unspecified atom stereocenters. The molecule has 2 rings (SSSR count). The molecule has 90 valence electrons. The first kappa shape index (κ1) is 11.3. The van der Waals surface area contributed by atoms with Crippen molar-refractivity contribution in [3.63, 3.8) is 0 Å². The van der Waals surface area contributed by atoms with Crippen LogP contribution in [-0.2, 0) is 4.79 Å². The van der Waals surface area contributed by atoms with Gasteiger partial charge in [0.1, 0.15) is 18.2 Å². The summed E-state index contributed by atoms with van der Waals surface area (Å²) in [7, 11) is 0. The van der Waals surface area contributed by atoms with E-state index in [9.17, 15) is 9.90 Å². The highest BCUT2D eigenvalue weighted by atomic mass is 16.3. The Morgan fingerprint density at radius 3 is 3.12 bits per heavy atom. The molecule has 0 bridgehead atoms. The van der Waals surface area contributed by atoms with E-state index < -0.39 is 12.0 Å². The maximum Gasteiger partial charge on any atom is 0.248 e. The number of aryl methyl sites for hydroxylation is 1. The van der Waals surface area contributed by atoms with Crippen LogP contribution in [0.3, 0.4) is 0 Å². The molecule has 0 radical (unpaired) electrons. The van der Waals surface area contributed by atoms with Crippen molar-refractivity contribution in [1.82, 2.24) is 14.6 Å². The van der Waals surface area contributed by atoms with Gasteiger partial charge in [-0.15, -0.1) is 0 Å². The lowest BCUT2D eigenvalue weighted by atomic mass is 10.3. The maximum absolute atomic E-state index is 10.7. The van der Waals surface area contributed by atoms with Crippen molar-refractivity contribution in [2.75, 3.05) is 11.9 Å². The highest BCUT2D eigenvalue weighted by Gasteiger charge is 2.11. The van der Waals surface area contributed by atoms with Gasteiger partial charge in [-0.25, -0.2) is 4.98 Å². The number of pyridine rings is 1. The van der Waals surface area contributed by atoms with Gasteiger partial charge < -0.3 is 16.2 Å². The van der Waals surface area contributed by atoms with Crippen LogP contribution in [0.4, 0.5) is 5.82 Å². The Balaban J connectivity index is 2.23. The van der Waals surface area contributed by atoms with Crippen molar-refractivity contribution < 1.29 is 9.90 Å². The summed E-state index contributed by atoms with van der Waals surface area (Å²) in [5.41, 5.74) is 6.66. The summed E-state index contributed by atoms with van der Waals surface area (Å²) >= 11 is 0. The number of nitrogens with one attached hydrogen (secondary N) is 1. The van der Waals surface area contributed by atoms with Crippen LogP contribution in [0.25, 0.3) is 5.65 Å². The molecule has 17 heavy (non-hydrogen) atoms. The average molecular weight is 235 g/mol. The van der Waals surface area contributed by atoms with Crippen LogP contribution < -0.4 is 11.1 Å². The SMILES string of the molecule is Cc1cc(NCC(O)C(N)=O)n2ncnc2c1. The molecule has 0 aliphatic carbocycles. The number of primary amides is 1. The Hall–Kier alpha value is -2.15. The van der Waals surface area contributed by atoms with E-state index in [1.807, 2.05) is 19.1 Å². The molecular weight excluding hydrogens is 222 g/mol. The van der Waals surface area contributed by atoms with Crippen LogP contribution in [0.2, 0.25) is 0 Å². The molecule has 0 saturated heterocycles. The number of rotatable bonds is 4. The van der Waals surface area contributed by atoms with Gasteiger partial charge in [-0.1, -0.05) is 0 Å². The van der Waals surface area contributed by atoms with E-state index in [0.29, 0.717) is 11.5 Å². The molecule has 0 aliphatic heterocycles. The number of nitrogens with two attached hydrogens (primary N) is 1. The highest BCUT2D eigenvalue weighted by molar-refractivity contribution is 5.79. The summed E-state index contributed by atoms with van der Waals surface area (Å²) in [5, 5.41) is 16.2. The Bertz CT molecular complexity index is 551. The number of aliphatic hydroxyl groups is 1. The number of carbonyl (C=O) groups excluding carboxylic acids is 1. The van der Waals surface area contributed by atoms with Crippen LogP contribution in [0.5, 0.6) is 0 Å². The fourth-order valence-corrected chi connectivity index (χ4v) is 1.48. The number of fused-ring (bicyclic) bond motifs is 1. The molecule has 1 atom stereocenters. The second kappa shape index (κ2) is 4.38. The first-order chi connectivity index (χ1) is 8.08. The smallest absolute Gasteiger partial charge is 0.248 e. The molecule has 2 heterocycles. The van der Waals surface area contributed by atoms with Gasteiger partial charge in [0, 0.05) is 0 Å². The number of amides is 1. The summed E-state index contributed by atoms with van der Waals surface area (Å²) in [4.78, 5) is 14.8. The monoisotopic (exact) mass is 235 g/mol. The number of nitrogens with zero attached hydrogens (tertiary/aromatic N) is 3. The van der Waals surface area contributed by atoms with Crippen LogP contribution in [0, 0.1) is 6.92 Å². The van der Waals surface area contributed by atoms with Crippen LogP contribution in [0.1, 0.15) is 5.56 Å². The molecule has 1 amide bonds. The molecule has 2 aromatic rings. The lowest BCUT2D eigenvalue weighted by molar-refractivity contribution is -0.125. The quantitative estimate of drug-likeness (QED) is 0.649. The molecule has 0 aliphatic rings. The van der Waals surface area contributed by atoms with E-state index in [-0.39, 0.29) is 6.54 Å². The topological polar surface area (TPSA) is 106 Å². The van der Waals surface area contributed by atoms with Gasteiger partial charge in [-0.2, -0.15) is 9.61 Å². The van der Waals surface area contributed by atoms with Crippen molar-refractivity contribution >= 4 is 17.4 Å². The van der Waals surface area contributed by atoms with Crippen LogP contribution in [-0.4, -0.2) is 38.3 Å². The lowest BCUT2D eigenvalue weighted by Gasteiger charge is -2.11. The lowest BCUT2D eigenvalue weighted by Crippen LogP contribution is -2.34. The van der Waals surface area contributed by atoms with E-state index in [4.69, 9.17) is 5.73 Å². The minimum Gasteiger partial charge on any atom is -0.381 e. The Labute approximate surface area is 97.3 Å². The highest BCUT2D eigenvalue weighted by Crippen LogP contribution is 2.12. The van der Waals surface area contributed by atoms with Gasteiger partial charge in [0.15, 0.2) is 5.65 Å². The number of hydrogen-bond donors (Lipinski definition) is 3. The first-order valence-corrected chi connectivity index (χ1v) is 5.09. The van der Waals surface area contributed by atoms with E-state index in [1.54, 1.807) is 4.52 Å². The Kier molecular flexibility index (Phi) is 2.92. The van der Waals surface area contributed by atoms with E-state index >= 15 is 0 Å². The molecule has 0 fully saturated rings. The van der Waals surface area contributed by atoms with Crippen molar-refractivity contribution in [3.05, 3.63) is 24.0 Å². The zero-order valence-corrected chi connectivity index (χ0v) is 9.29. The minimum absolute atomic E-state index is 0.0355. The van der Waals surface area contributed by atoms with Gasteiger partial charge in [0.05, 0.1) is 6.54 Å². The third kappa shape index (κ3) is 2.34. The second-order valence-electron chi connectivity index (χ2n) is 3.75. The van der Waals surface area contributed by atoms with Crippen molar-refractivity contribution in [1.29, 1.82) is 0 Å². The number of carbonyl (C=O) groups is 1. The predicted molar refractivity (Wildman–Crippen MR) is 61.4 cm³/mol. The minimum atomic E-state index is -1.23. The fourth-order valence-electron chi connectivity index (χ4n) is 1.48. The largest absolute Gasteiger partial charge is 0.381 e. The average Bonchev–Trinajstić information content (AvgIpc) is 2.72. The summed E-state index contributed by atoms with van der Waals surface area (Å²) in [6, 6.07) is 3.72. The predicted octanol–water partition coefficient (Wildman–Crippen LogP) is -0.704. The third-order valence-corrected chi connectivity index (χ3v) is 2.33. The van der Waals surface area contributed by atoms with Crippen molar-refractivity contribution in [3.8, 4) is 0 Å². The zero-order valence-electron chi connectivity index (χ0n) is 9.29. The van der Waals surface area contributed by atoms with Crippen LogP contribution >= 0.6 is 0 Å². The van der Waals surface area contributed by atoms with Gasteiger partial charge in [0.2, 0.25) is 5.91 Å². The fraction of sp³-hybridized carbons (Fsp3) is 0.300. The van der Waals surface area contributed by atoms with Crippen molar-refractivity contribution in [2.45, 2.75) is 13.0 Å². The molecule has 7 heteroatoms. The van der Waals surface area contributed by atoms with Crippen LogP contribution in [0.15, 0.2) is 18.5 Å². The summed E-state index contributed by atoms with van der Waals surface area (Å²) in [5.74, 6) is -0.113. The summed E-state index contributed by atoms with van der Waals surface area (Å²) in [6.07, 6.45) is 0.207. The summed E-state index contributed by atoms with van der Waals surface area (Å²) < 4.78 is 1.58. The Morgan fingerprint density at radius 2 is 2.41 bits per heavy atom. The van der Waals surface area contributed by atoms with Gasteiger partial charge in [-0.05, 0) is 24.6 Å². The van der Waals surface area contributed by atoms with Crippen molar-refractivity contribution in [2.24, 2.45) is 5.73 Å². The number of aliphatic hydroxyl groups excluding tert-OH is 1. The second-order valence-corrected chi connectivity index (χ2v) is 3.75. The Morgan fingerprint density at radius 1 is 1.65 bits per heavy atom. The molecule has 0 spiro atoms. The van der Waals surface area contributed by atoms with E-state index in [0.717, 1.165) is 5.56 Å². The standard InChI is InChI=1S/C10H13N5O2/c1-6-2-8(12-4-7(16)10(11)17)15-9(3-6)13-5-14-15/h2-3,5,7,12,16H,4H2,1H3,(H2,11,17). The molecule has 2 aromatic heterocycles. The molecule has 0 saturated carbocycles. The van der Waals surface area contributed by atoms with E-state index in [1.165, 1.54) is 6.33 Å². The normalized spacial score (nSPS) is 12.6. The summed E-state index contributed by atoms with van der Waals surface area (Å²) in [6.45, 7) is 1.96. The number of hydrogen-bond acceptors (Lipinski definition) is 5. The first-order valence-electron chi connectivity index (χ1n) is 5.09. The zero-order chi connectivity index (χ0) is 12.4. The molecule has 0 aromatic carbocycles.